The van der Waals surface area contributed by atoms with E-state index in [2.05, 4.69) is 34.6 Å². The zero-order chi connectivity index (χ0) is 20.7. The molecule has 0 amide bonds. The lowest BCUT2D eigenvalue weighted by atomic mass is 10.1. The van der Waals surface area contributed by atoms with Gasteiger partial charge in [-0.25, -0.2) is 0 Å². The van der Waals surface area contributed by atoms with E-state index < -0.39 is 0 Å². The maximum absolute atomic E-state index is 6.11. The molecule has 5 heteroatoms. The average Bonchev–Trinajstić information content (AvgIpc) is 2.69. The third-order valence-electron chi connectivity index (χ3n) is 4.65. The van der Waals surface area contributed by atoms with E-state index in [1.54, 1.807) is 26.0 Å². The van der Waals surface area contributed by atoms with Crippen LogP contribution in [0.25, 0.3) is 0 Å². The van der Waals surface area contributed by atoms with Crippen LogP contribution in [0.1, 0.15) is 47.5 Å². The van der Waals surface area contributed by atoms with Gasteiger partial charge in [0.2, 0.25) is 0 Å². The molecule has 0 saturated heterocycles. The van der Waals surface area contributed by atoms with E-state index in [9.17, 15) is 0 Å². The van der Waals surface area contributed by atoms with Crippen molar-refractivity contribution in [3.63, 3.8) is 0 Å². The van der Waals surface area contributed by atoms with Crippen molar-refractivity contribution in [3.8, 4) is 23.0 Å². The lowest BCUT2D eigenvalue weighted by Crippen LogP contribution is -2.27. The highest BCUT2D eigenvalue weighted by molar-refractivity contribution is 7.99. The van der Waals surface area contributed by atoms with Gasteiger partial charge in [-0.2, -0.15) is 0 Å². The predicted molar refractivity (Wildman–Crippen MR) is 115 cm³/mol. The Balaban J connectivity index is 2.21. The van der Waals surface area contributed by atoms with Crippen molar-refractivity contribution in [1.29, 1.82) is 0 Å². The van der Waals surface area contributed by atoms with Crippen LogP contribution < -0.4 is 18.9 Å². The highest BCUT2D eigenvalue weighted by atomic mass is 32.2. The molecule has 154 valence electrons. The molecule has 1 atom stereocenters. The second-order valence-corrected chi connectivity index (χ2v) is 8.43. The summed E-state index contributed by atoms with van der Waals surface area (Å²) in [4.78, 5) is 2.13. The summed E-state index contributed by atoms with van der Waals surface area (Å²) < 4.78 is 23.1. The fraction of sp³-hybridized carbons (Fsp3) is 0.478. The van der Waals surface area contributed by atoms with Gasteiger partial charge < -0.3 is 18.9 Å². The molecule has 28 heavy (non-hydrogen) atoms. The Kier molecular flexibility index (Phi) is 7.93. The van der Waals surface area contributed by atoms with E-state index >= 15 is 0 Å². The maximum Gasteiger partial charge on any atom is 0.162 e. The van der Waals surface area contributed by atoms with Crippen LogP contribution in [0.2, 0.25) is 0 Å². The van der Waals surface area contributed by atoms with Crippen molar-refractivity contribution in [3.05, 3.63) is 36.4 Å². The lowest BCUT2D eigenvalue weighted by molar-refractivity contribution is 0.101. The first-order valence-electron chi connectivity index (χ1n) is 9.71. The molecule has 0 radical (unpaired) electrons. The van der Waals surface area contributed by atoms with Crippen molar-refractivity contribution in [1.82, 2.24) is 0 Å². The molecule has 0 spiro atoms. The zero-order valence-electron chi connectivity index (χ0n) is 18.0. The fourth-order valence-electron chi connectivity index (χ4n) is 2.41. The molecule has 1 unspecified atom stereocenters. The van der Waals surface area contributed by atoms with Crippen LogP contribution in [0.5, 0.6) is 23.0 Å². The van der Waals surface area contributed by atoms with Gasteiger partial charge in [-0.3, -0.25) is 0 Å². The number of methoxy groups -OCH3 is 2. The van der Waals surface area contributed by atoms with Crippen LogP contribution in [0, 0.1) is 0 Å². The number of benzene rings is 2. The minimum Gasteiger partial charge on any atom is -0.493 e. The first-order valence-corrected chi connectivity index (χ1v) is 10.5. The third-order valence-corrected chi connectivity index (χ3v) is 5.63. The van der Waals surface area contributed by atoms with E-state index in [1.807, 2.05) is 36.4 Å². The van der Waals surface area contributed by atoms with Crippen LogP contribution in [0.15, 0.2) is 46.2 Å². The van der Waals surface area contributed by atoms with Gasteiger partial charge in [0.1, 0.15) is 5.60 Å². The Hall–Kier alpha value is -2.01. The molecule has 0 aliphatic carbocycles. The lowest BCUT2D eigenvalue weighted by Gasteiger charge is -2.26. The maximum atomic E-state index is 6.11. The topological polar surface area (TPSA) is 36.9 Å². The molecular formula is C23H32O4S. The standard InChI is InChI=1S/C23H32O4S/c1-8-16(3)26-19-12-10-17(14-21(19)24-6)28-18-11-13-20(22(15-18)25-7)27-23(4,5)9-2/h10-16H,8-9H2,1-7H3. The molecule has 2 aromatic carbocycles. The highest BCUT2D eigenvalue weighted by Crippen LogP contribution is 2.39. The molecule has 0 heterocycles. The summed E-state index contributed by atoms with van der Waals surface area (Å²) in [6, 6.07) is 12.0. The minimum atomic E-state index is -0.235. The summed E-state index contributed by atoms with van der Waals surface area (Å²) >= 11 is 1.64. The van der Waals surface area contributed by atoms with Crippen molar-refractivity contribution in [2.24, 2.45) is 0 Å². The summed E-state index contributed by atoms with van der Waals surface area (Å²) in [5.74, 6) is 3.00. The van der Waals surface area contributed by atoms with E-state index in [0.29, 0.717) is 0 Å². The van der Waals surface area contributed by atoms with Crippen LogP contribution in [0.3, 0.4) is 0 Å². The molecule has 0 aliphatic heterocycles. The largest absolute Gasteiger partial charge is 0.493 e. The molecule has 0 bridgehead atoms. The molecule has 2 aromatic rings. The molecular weight excluding hydrogens is 372 g/mol. The van der Waals surface area contributed by atoms with Crippen molar-refractivity contribution >= 4 is 11.8 Å². The minimum absolute atomic E-state index is 0.150. The van der Waals surface area contributed by atoms with Gasteiger partial charge >= 0.3 is 0 Å². The van der Waals surface area contributed by atoms with Gasteiger partial charge in [0, 0.05) is 9.79 Å². The van der Waals surface area contributed by atoms with Gasteiger partial charge in [-0.05, 0) is 70.0 Å². The normalized spacial score (nSPS) is 12.4. The van der Waals surface area contributed by atoms with Gasteiger partial charge in [-0.1, -0.05) is 25.6 Å². The monoisotopic (exact) mass is 404 g/mol. The fourth-order valence-corrected chi connectivity index (χ4v) is 3.29. The summed E-state index contributed by atoms with van der Waals surface area (Å²) in [7, 11) is 3.33. The van der Waals surface area contributed by atoms with E-state index in [0.717, 1.165) is 45.6 Å². The molecule has 0 aromatic heterocycles. The second kappa shape index (κ2) is 9.97. The van der Waals surface area contributed by atoms with E-state index in [4.69, 9.17) is 18.9 Å². The van der Waals surface area contributed by atoms with Gasteiger partial charge in [0.05, 0.1) is 20.3 Å². The summed E-state index contributed by atoms with van der Waals surface area (Å²) in [6.07, 6.45) is 2.01. The molecule has 4 nitrogen and oxygen atoms in total. The number of hydrogen-bond donors (Lipinski definition) is 0. The van der Waals surface area contributed by atoms with Crippen molar-refractivity contribution in [2.75, 3.05) is 14.2 Å². The number of rotatable bonds is 10. The highest BCUT2D eigenvalue weighted by Gasteiger charge is 2.19. The SMILES string of the molecule is CCC(C)Oc1ccc(Sc2ccc(OC(C)(C)CC)c(OC)c2)cc1OC. The van der Waals surface area contributed by atoms with Crippen LogP contribution in [-0.4, -0.2) is 25.9 Å². The van der Waals surface area contributed by atoms with Crippen molar-refractivity contribution in [2.45, 2.75) is 69.0 Å². The average molecular weight is 405 g/mol. The number of ether oxygens (including phenoxy) is 4. The Morgan fingerprint density at radius 1 is 0.857 bits per heavy atom. The van der Waals surface area contributed by atoms with E-state index in [1.165, 1.54) is 0 Å². The quantitative estimate of drug-likeness (QED) is 0.446. The second-order valence-electron chi connectivity index (χ2n) is 7.28. The van der Waals surface area contributed by atoms with Gasteiger partial charge in [0.15, 0.2) is 23.0 Å². The smallest absolute Gasteiger partial charge is 0.162 e. The Bertz CT molecular complexity index is 773. The van der Waals surface area contributed by atoms with Gasteiger partial charge in [-0.15, -0.1) is 0 Å². The first-order chi connectivity index (χ1) is 13.3. The van der Waals surface area contributed by atoms with Gasteiger partial charge in [0.25, 0.3) is 0 Å². The summed E-state index contributed by atoms with van der Waals surface area (Å²) in [5, 5.41) is 0. The summed E-state index contributed by atoms with van der Waals surface area (Å²) in [5.41, 5.74) is -0.235. The molecule has 0 aliphatic rings. The first kappa shape index (κ1) is 22.3. The number of hydrogen-bond acceptors (Lipinski definition) is 5. The van der Waals surface area contributed by atoms with Crippen LogP contribution in [0.4, 0.5) is 0 Å². The molecule has 0 saturated carbocycles. The molecule has 0 N–H and O–H groups in total. The zero-order valence-corrected chi connectivity index (χ0v) is 18.8. The third kappa shape index (κ3) is 5.99. The van der Waals surface area contributed by atoms with Crippen LogP contribution in [-0.2, 0) is 0 Å². The van der Waals surface area contributed by atoms with E-state index in [-0.39, 0.29) is 11.7 Å². The summed E-state index contributed by atoms with van der Waals surface area (Å²) in [6.45, 7) is 10.4. The molecule has 2 rings (SSSR count). The van der Waals surface area contributed by atoms with Crippen LogP contribution >= 0.6 is 11.8 Å². The Morgan fingerprint density at radius 3 is 1.89 bits per heavy atom. The Labute approximate surface area is 173 Å². The molecule has 0 fully saturated rings. The predicted octanol–water partition coefficient (Wildman–Crippen LogP) is 6.60. The van der Waals surface area contributed by atoms with Crippen molar-refractivity contribution < 1.29 is 18.9 Å². The Morgan fingerprint density at radius 2 is 1.39 bits per heavy atom.